The molecule has 1 unspecified atom stereocenters. The molecule has 0 spiro atoms. The van der Waals surface area contributed by atoms with Crippen LogP contribution in [0, 0.1) is 5.82 Å². The fraction of sp³-hybridized carbons (Fsp3) is 0.600. The van der Waals surface area contributed by atoms with Gasteiger partial charge in [0.25, 0.3) is 0 Å². The minimum absolute atomic E-state index is 0.0800. The average Bonchev–Trinajstić information content (AvgIpc) is 2.78. The summed E-state index contributed by atoms with van der Waals surface area (Å²) in [6, 6.07) is 4.86. The Morgan fingerprint density at radius 1 is 1.37 bits per heavy atom. The van der Waals surface area contributed by atoms with Crippen LogP contribution in [-0.2, 0) is 11.2 Å². The van der Waals surface area contributed by atoms with Crippen LogP contribution in [0.4, 0.5) is 4.39 Å². The summed E-state index contributed by atoms with van der Waals surface area (Å²) in [5.74, 6) is -0.228. The Labute approximate surface area is 122 Å². The second-order valence-electron chi connectivity index (χ2n) is 5.29. The lowest BCUT2D eigenvalue weighted by atomic mass is 9.88. The number of hydrogen-bond acceptors (Lipinski definition) is 2. The highest BCUT2D eigenvalue weighted by atomic mass is 79.9. The molecule has 0 saturated heterocycles. The van der Waals surface area contributed by atoms with Crippen LogP contribution < -0.4 is 5.73 Å². The molecule has 0 amide bonds. The Bertz CT molecular complexity index is 412. The monoisotopic (exact) mass is 329 g/mol. The Kier molecular flexibility index (Phi) is 4.98. The van der Waals surface area contributed by atoms with Crippen LogP contribution >= 0.6 is 15.9 Å². The van der Waals surface area contributed by atoms with Gasteiger partial charge in [0.05, 0.1) is 5.60 Å². The first-order chi connectivity index (χ1) is 9.05. The number of benzene rings is 1. The van der Waals surface area contributed by atoms with Crippen LogP contribution in [0.2, 0.25) is 0 Å². The molecule has 1 atom stereocenters. The van der Waals surface area contributed by atoms with Crippen molar-refractivity contribution in [3.8, 4) is 0 Å². The maximum Gasteiger partial charge on any atom is 0.124 e. The van der Waals surface area contributed by atoms with Crippen molar-refractivity contribution in [2.45, 2.75) is 50.7 Å². The fourth-order valence-corrected chi connectivity index (χ4v) is 3.56. The third-order valence-corrected chi connectivity index (χ3v) is 4.39. The van der Waals surface area contributed by atoms with Gasteiger partial charge in [-0.2, -0.15) is 0 Å². The molecule has 1 aromatic carbocycles. The zero-order chi connectivity index (χ0) is 13.9. The summed E-state index contributed by atoms with van der Waals surface area (Å²) in [6.07, 6.45) is 5.01. The van der Waals surface area contributed by atoms with E-state index < -0.39 is 0 Å². The fourth-order valence-electron chi connectivity index (χ4n) is 3.05. The predicted octanol–water partition coefficient (Wildman–Crippen LogP) is 3.81. The third-order valence-electron chi connectivity index (χ3n) is 3.94. The van der Waals surface area contributed by atoms with Gasteiger partial charge in [0.2, 0.25) is 0 Å². The molecular weight excluding hydrogens is 309 g/mol. The van der Waals surface area contributed by atoms with Gasteiger partial charge in [-0.05, 0) is 49.9 Å². The number of ether oxygens (including phenoxy) is 1. The van der Waals surface area contributed by atoms with E-state index >= 15 is 0 Å². The molecular formula is C15H21BrFNO. The first-order valence-electron chi connectivity index (χ1n) is 6.90. The second kappa shape index (κ2) is 6.33. The van der Waals surface area contributed by atoms with Crippen molar-refractivity contribution < 1.29 is 9.13 Å². The summed E-state index contributed by atoms with van der Waals surface area (Å²) in [4.78, 5) is 0. The highest BCUT2D eigenvalue weighted by Crippen LogP contribution is 2.36. The molecule has 2 N–H and O–H groups in total. The molecule has 0 aliphatic heterocycles. The van der Waals surface area contributed by atoms with Gasteiger partial charge in [-0.3, -0.25) is 0 Å². The van der Waals surface area contributed by atoms with Crippen LogP contribution in [-0.4, -0.2) is 18.2 Å². The van der Waals surface area contributed by atoms with Gasteiger partial charge in [-0.1, -0.05) is 28.8 Å². The van der Waals surface area contributed by atoms with Crippen molar-refractivity contribution >= 4 is 15.9 Å². The molecule has 2 nitrogen and oxygen atoms in total. The van der Waals surface area contributed by atoms with E-state index in [1.54, 1.807) is 6.07 Å². The molecule has 106 valence electrons. The summed E-state index contributed by atoms with van der Waals surface area (Å²) in [5.41, 5.74) is 7.08. The summed E-state index contributed by atoms with van der Waals surface area (Å²) >= 11 is 3.32. The predicted molar refractivity (Wildman–Crippen MR) is 78.6 cm³/mol. The highest BCUT2D eigenvalue weighted by Gasteiger charge is 2.40. The molecule has 1 aliphatic rings. The van der Waals surface area contributed by atoms with Gasteiger partial charge in [0.1, 0.15) is 5.82 Å². The average molecular weight is 330 g/mol. The van der Waals surface area contributed by atoms with Gasteiger partial charge in [0, 0.05) is 17.1 Å². The normalized spacial score (nSPS) is 19.6. The minimum atomic E-state index is -0.228. The minimum Gasteiger partial charge on any atom is -0.374 e. The van der Waals surface area contributed by atoms with E-state index in [4.69, 9.17) is 10.5 Å². The molecule has 1 saturated carbocycles. The van der Waals surface area contributed by atoms with Crippen molar-refractivity contribution in [1.29, 1.82) is 0 Å². The molecule has 0 aromatic heterocycles. The van der Waals surface area contributed by atoms with Crippen LogP contribution in [0.15, 0.2) is 22.7 Å². The molecule has 1 fully saturated rings. The maximum atomic E-state index is 13.4. The topological polar surface area (TPSA) is 35.2 Å². The van der Waals surface area contributed by atoms with Crippen molar-refractivity contribution in [3.63, 3.8) is 0 Å². The second-order valence-corrected chi connectivity index (χ2v) is 6.21. The quantitative estimate of drug-likeness (QED) is 0.891. The van der Waals surface area contributed by atoms with Crippen LogP contribution in [0.1, 0.15) is 38.2 Å². The Morgan fingerprint density at radius 3 is 2.63 bits per heavy atom. The van der Waals surface area contributed by atoms with Gasteiger partial charge in [-0.15, -0.1) is 0 Å². The highest BCUT2D eigenvalue weighted by molar-refractivity contribution is 9.10. The number of nitrogens with two attached hydrogens (primary N) is 1. The summed E-state index contributed by atoms with van der Waals surface area (Å²) in [6.45, 7) is 2.69. The van der Waals surface area contributed by atoms with E-state index in [2.05, 4.69) is 15.9 Å². The molecule has 4 heteroatoms. The van der Waals surface area contributed by atoms with Gasteiger partial charge in [0.15, 0.2) is 0 Å². The molecule has 19 heavy (non-hydrogen) atoms. The van der Waals surface area contributed by atoms with E-state index in [-0.39, 0.29) is 17.5 Å². The Balaban J connectivity index is 2.12. The lowest BCUT2D eigenvalue weighted by Crippen LogP contribution is -2.49. The SMILES string of the molecule is CCOC1(C(N)Cc2cc(F)cc(Br)c2)CCCC1. The Hall–Kier alpha value is -0.450. The van der Waals surface area contributed by atoms with Gasteiger partial charge in [-0.25, -0.2) is 4.39 Å². The van der Waals surface area contributed by atoms with E-state index in [0.29, 0.717) is 13.0 Å². The first kappa shape index (κ1) is 14.9. The largest absolute Gasteiger partial charge is 0.374 e. The Morgan fingerprint density at radius 2 is 2.05 bits per heavy atom. The van der Waals surface area contributed by atoms with Crippen LogP contribution in [0.5, 0.6) is 0 Å². The van der Waals surface area contributed by atoms with Crippen molar-refractivity contribution in [1.82, 2.24) is 0 Å². The molecule has 2 rings (SSSR count). The summed E-state index contributed by atoms with van der Waals surface area (Å²) in [7, 11) is 0. The lowest BCUT2D eigenvalue weighted by molar-refractivity contribution is -0.0525. The first-order valence-corrected chi connectivity index (χ1v) is 7.69. The third kappa shape index (κ3) is 3.56. The van der Waals surface area contributed by atoms with Gasteiger partial charge < -0.3 is 10.5 Å². The van der Waals surface area contributed by atoms with Crippen LogP contribution in [0.25, 0.3) is 0 Å². The number of halogens is 2. The van der Waals surface area contributed by atoms with Crippen molar-refractivity contribution in [2.24, 2.45) is 5.73 Å². The van der Waals surface area contributed by atoms with Gasteiger partial charge >= 0.3 is 0 Å². The smallest absolute Gasteiger partial charge is 0.124 e. The van der Waals surface area contributed by atoms with E-state index in [1.165, 1.54) is 18.9 Å². The van der Waals surface area contributed by atoms with E-state index in [0.717, 1.165) is 22.9 Å². The maximum absolute atomic E-state index is 13.4. The van der Waals surface area contributed by atoms with Crippen molar-refractivity contribution in [3.05, 3.63) is 34.1 Å². The van der Waals surface area contributed by atoms with Crippen LogP contribution in [0.3, 0.4) is 0 Å². The van der Waals surface area contributed by atoms with Crippen molar-refractivity contribution in [2.75, 3.05) is 6.61 Å². The molecule has 0 bridgehead atoms. The summed E-state index contributed by atoms with van der Waals surface area (Å²) < 4.78 is 20.1. The van der Waals surface area contributed by atoms with E-state index in [1.807, 2.05) is 13.0 Å². The molecule has 0 radical (unpaired) electrons. The standard InChI is InChI=1S/C15H21BrFNO/c1-2-19-15(5-3-4-6-15)14(18)9-11-7-12(16)10-13(17)8-11/h7-8,10,14H,2-6,9,18H2,1H3. The molecule has 1 aliphatic carbocycles. The zero-order valence-electron chi connectivity index (χ0n) is 11.3. The zero-order valence-corrected chi connectivity index (χ0v) is 12.9. The van der Waals surface area contributed by atoms with E-state index in [9.17, 15) is 4.39 Å². The number of hydrogen-bond donors (Lipinski definition) is 1. The molecule has 1 aromatic rings. The number of rotatable bonds is 5. The molecule has 0 heterocycles. The summed E-state index contributed by atoms with van der Waals surface area (Å²) in [5, 5.41) is 0. The lowest BCUT2D eigenvalue weighted by Gasteiger charge is -2.35.